The SMILES string of the molecule is CCN(C(=O)NC1CCC(O)CC1)[C@H](C)c1cc2ccccc2o1. The molecule has 5 heteroatoms. The molecule has 1 saturated carbocycles. The van der Waals surface area contributed by atoms with Gasteiger partial charge in [-0.1, -0.05) is 18.2 Å². The molecule has 1 aliphatic rings. The molecular formula is C19H26N2O3. The molecule has 130 valence electrons. The molecule has 1 atom stereocenters. The number of aliphatic hydroxyl groups excluding tert-OH is 1. The highest BCUT2D eigenvalue weighted by Crippen LogP contribution is 2.27. The highest BCUT2D eigenvalue weighted by Gasteiger charge is 2.26. The smallest absolute Gasteiger partial charge is 0.318 e. The van der Waals surface area contributed by atoms with Crippen LogP contribution in [0, 0.1) is 0 Å². The summed E-state index contributed by atoms with van der Waals surface area (Å²) in [6.45, 7) is 4.58. The Hall–Kier alpha value is -2.01. The van der Waals surface area contributed by atoms with E-state index < -0.39 is 0 Å². The molecule has 5 nitrogen and oxygen atoms in total. The van der Waals surface area contributed by atoms with Crippen LogP contribution in [0.1, 0.15) is 51.3 Å². The fraction of sp³-hybridized carbons (Fsp3) is 0.526. The number of nitrogens with one attached hydrogen (secondary N) is 1. The zero-order valence-electron chi connectivity index (χ0n) is 14.4. The van der Waals surface area contributed by atoms with Gasteiger partial charge in [0.2, 0.25) is 0 Å². The Balaban J connectivity index is 1.68. The average molecular weight is 330 g/mol. The van der Waals surface area contributed by atoms with Gasteiger partial charge in [-0.15, -0.1) is 0 Å². The van der Waals surface area contributed by atoms with E-state index in [9.17, 15) is 9.90 Å². The molecular weight excluding hydrogens is 304 g/mol. The number of benzene rings is 1. The molecule has 2 aromatic rings. The van der Waals surface area contributed by atoms with Crippen LogP contribution in [0.25, 0.3) is 11.0 Å². The number of amides is 2. The molecule has 1 aliphatic carbocycles. The Bertz CT molecular complexity index is 656. The number of furan rings is 1. The van der Waals surface area contributed by atoms with Gasteiger partial charge in [-0.25, -0.2) is 4.79 Å². The first kappa shape index (κ1) is 16.8. The zero-order chi connectivity index (χ0) is 17.1. The van der Waals surface area contributed by atoms with Crippen LogP contribution in [-0.2, 0) is 0 Å². The molecule has 24 heavy (non-hydrogen) atoms. The van der Waals surface area contributed by atoms with Crippen LogP contribution in [0.3, 0.4) is 0 Å². The normalized spacial score (nSPS) is 22.3. The number of carbonyl (C=O) groups is 1. The predicted molar refractivity (Wildman–Crippen MR) is 93.8 cm³/mol. The molecule has 1 fully saturated rings. The Labute approximate surface area is 142 Å². The van der Waals surface area contributed by atoms with Gasteiger partial charge in [-0.3, -0.25) is 0 Å². The van der Waals surface area contributed by atoms with Crippen LogP contribution in [0.2, 0.25) is 0 Å². The quantitative estimate of drug-likeness (QED) is 0.895. The van der Waals surface area contributed by atoms with Crippen molar-refractivity contribution >= 4 is 17.0 Å². The summed E-state index contributed by atoms with van der Waals surface area (Å²) in [7, 11) is 0. The van der Waals surface area contributed by atoms with E-state index in [2.05, 4.69) is 5.32 Å². The summed E-state index contributed by atoms with van der Waals surface area (Å²) in [5, 5.41) is 13.7. The summed E-state index contributed by atoms with van der Waals surface area (Å²) in [5.41, 5.74) is 0.845. The number of hydrogen-bond donors (Lipinski definition) is 2. The topological polar surface area (TPSA) is 65.7 Å². The van der Waals surface area contributed by atoms with E-state index in [1.54, 1.807) is 4.90 Å². The van der Waals surface area contributed by atoms with Crippen molar-refractivity contribution < 1.29 is 14.3 Å². The Kier molecular flexibility index (Phi) is 5.09. The molecule has 0 unspecified atom stereocenters. The molecule has 0 aliphatic heterocycles. The molecule has 2 N–H and O–H groups in total. The van der Waals surface area contributed by atoms with Crippen LogP contribution >= 0.6 is 0 Å². The van der Waals surface area contributed by atoms with Gasteiger partial charge in [-0.2, -0.15) is 0 Å². The fourth-order valence-electron chi connectivity index (χ4n) is 3.43. The van der Waals surface area contributed by atoms with Crippen LogP contribution in [-0.4, -0.2) is 34.7 Å². The third-order valence-corrected chi connectivity index (χ3v) is 4.95. The monoisotopic (exact) mass is 330 g/mol. The average Bonchev–Trinajstić information content (AvgIpc) is 3.01. The molecule has 0 saturated heterocycles. The van der Waals surface area contributed by atoms with Gasteiger partial charge >= 0.3 is 6.03 Å². The van der Waals surface area contributed by atoms with E-state index in [1.807, 2.05) is 44.2 Å². The van der Waals surface area contributed by atoms with Crippen LogP contribution in [0.15, 0.2) is 34.7 Å². The molecule has 2 amide bonds. The van der Waals surface area contributed by atoms with Gasteiger partial charge in [0, 0.05) is 18.0 Å². The summed E-state index contributed by atoms with van der Waals surface area (Å²) >= 11 is 0. The van der Waals surface area contributed by atoms with Gasteiger partial charge in [0.15, 0.2) is 0 Å². The van der Waals surface area contributed by atoms with Gasteiger partial charge in [-0.05, 0) is 51.7 Å². The van der Waals surface area contributed by atoms with Crippen molar-refractivity contribution in [2.45, 2.75) is 57.7 Å². The number of fused-ring (bicyclic) bond motifs is 1. The number of hydrogen-bond acceptors (Lipinski definition) is 3. The lowest BCUT2D eigenvalue weighted by Gasteiger charge is -2.31. The first-order valence-electron chi connectivity index (χ1n) is 8.82. The van der Waals surface area contributed by atoms with Crippen molar-refractivity contribution in [3.63, 3.8) is 0 Å². The predicted octanol–water partition coefficient (Wildman–Crippen LogP) is 3.83. The summed E-state index contributed by atoms with van der Waals surface area (Å²) in [4.78, 5) is 14.5. The molecule has 0 bridgehead atoms. The largest absolute Gasteiger partial charge is 0.459 e. The molecule has 1 aromatic carbocycles. The maximum absolute atomic E-state index is 12.7. The van der Waals surface area contributed by atoms with Crippen LogP contribution in [0.4, 0.5) is 4.79 Å². The van der Waals surface area contributed by atoms with E-state index in [4.69, 9.17) is 4.42 Å². The second-order valence-corrected chi connectivity index (χ2v) is 6.60. The molecule has 0 radical (unpaired) electrons. The van der Waals surface area contributed by atoms with E-state index in [0.717, 1.165) is 42.4 Å². The highest BCUT2D eigenvalue weighted by molar-refractivity contribution is 5.78. The Morgan fingerprint density at radius 3 is 2.71 bits per heavy atom. The fourth-order valence-corrected chi connectivity index (χ4v) is 3.43. The minimum Gasteiger partial charge on any atom is -0.459 e. The van der Waals surface area contributed by atoms with Crippen LogP contribution in [0.5, 0.6) is 0 Å². The maximum atomic E-state index is 12.7. The summed E-state index contributed by atoms with van der Waals surface area (Å²) in [5.74, 6) is 0.798. The number of rotatable bonds is 4. The van der Waals surface area contributed by atoms with E-state index in [0.29, 0.717) is 6.54 Å². The lowest BCUT2D eigenvalue weighted by Crippen LogP contribution is -2.47. The number of aliphatic hydroxyl groups is 1. The van der Waals surface area contributed by atoms with E-state index in [-0.39, 0.29) is 24.2 Å². The standard InChI is InChI=1S/C19H26N2O3/c1-3-21(19(23)20-15-8-10-16(22)11-9-15)13(2)18-12-14-6-4-5-7-17(14)24-18/h4-7,12-13,15-16,22H,3,8-11H2,1-2H3,(H,20,23)/t13-,15?,16?/m1/s1. The van der Waals surface area contributed by atoms with Gasteiger partial charge in [0.1, 0.15) is 11.3 Å². The third-order valence-electron chi connectivity index (χ3n) is 4.95. The first-order valence-corrected chi connectivity index (χ1v) is 8.82. The van der Waals surface area contributed by atoms with Crippen LogP contribution < -0.4 is 5.32 Å². The first-order chi connectivity index (χ1) is 11.6. The number of para-hydroxylation sites is 1. The van der Waals surface area contributed by atoms with Crippen molar-refractivity contribution in [1.82, 2.24) is 10.2 Å². The molecule has 0 spiro atoms. The Morgan fingerprint density at radius 1 is 1.33 bits per heavy atom. The second kappa shape index (κ2) is 7.26. The number of nitrogens with zero attached hydrogens (tertiary/aromatic N) is 1. The van der Waals surface area contributed by atoms with Gasteiger partial charge in [0.05, 0.1) is 12.1 Å². The number of urea groups is 1. The lowest BCUT2D eigenvalue weighted by molar-refractivity contribution is 0.113. The maximum Gasteiger partial charge on any atom is 0.318 e. The van der Waals surface area contributed by atoms with Crippen molar-refractivity contribution in [2.24, 2.45) is 0 Å². The molecule has 1 aromatic heterocycles. The second-order valence-electron chi connectivity index (χ2n) is 6.60. The summed E-state index contributed by atoms with van der Waals surface area (Å²) < 4.78 is 5.91. The highest BCUT2D eigenvalue weighted by atomic mass is 16.3. The molecule has 3 rings (SSSR count). The van der Waals surface area contributed by atoms with E-state index >= 15 is 0 Å². The number of carbonyl (C=O) groups excluding carboxylic acids is 1. The summed E-state index contributed by atoms with van der Waals surface area (Å²) in [6.07, 6.45) is 2.98. The van der Waals surface area contributed by atoms with E-state index in [1.165, 1.54) is 0 Å². The zero-order valence-corrected chi connectivity index (χ0v) is 14.4. The lowest BCUT2D eigenvalue weighted by atomic mass is 9.93. The van der Waals surface area contributed by atoms with Crippen molar-refractivity contribution in [2.75, 3.05) is 6.54 Å². The van der Waals surface area contributed by atoms with Gasteiger partial charge < -0.3 is 19.7 Å². The third kappa shape index (κ3) is 3.56. The van der Waals surface area contributed by atoms with Crippen molar-refractivity contribution in [3.8, 4) is 0 Å². The Morgan fingerprint density at radius 2 is 2.04 bits per heavy atom. The van der Waals surface area contributed by atoms with Gasteiger partial charge in [0.25, 0.3) is 0 Å². The minimum absolute atomic E-state index is 0.0631. The van der Waals surface area contributed by atoms with Crippen molar-refractivity contribution in [3.05, 3.63) is 36.1 Å². The minimum atomic E-state index is -0.213. The molecule has 1 heterocycles. The van der Waals surface area contributed by atoms with Crippen molar-refractivity contribution in [1.29, 1.82) is 0 Å². The summed E-state index contributed by atoms with van der Waals surface area (Å²) in [6, 6.07) is 9.85.